The van der Waals surface area contributed by atoms with E-state index in [1.165, 1.54) is 0 Å². The third kappa shape index (κ3) is 4.27. The second-order valence-corrected chi connectivity index (χ2v) is 4.76. The topological polar surface area (TPSA) is 49.3 Å². The number of hydrogen-bond acceptors (Lipinski definition) is 2. The van der Waals surface area contributed by atoms with Gasteiger partial charge in [-0.05, 0) is 5.92 Å². The van der Waals surface area contributed by atoms with Crippen molar-refractivity contribution in [1.82, 2.24) is 5.32 Å². The van der Waals surface area contributed by atoms with Gasteiger partial charge in [0.2, 0.25) is 5.91 Å². The van der Waals surface area contributed by atoms with Crippen molar-refractivity contribution in [2.24, 2.45) is 11.3 Å². The van der Waals surface area contributed by atoms with Gasteiger partial charge in [-0.15, -0.1) is 0 Å². The lowest BCUT2D eigenvalue weighted by Crippen LogP contribution is -2.46. The molecule has 0 aliphatic rings. The van der Waals surface area contributed by atoms with Crippen molar-refractivity contribution >= 4 is 5.91 Å². The zero-order valence-corrected chi connectivity index (χ0v) is 9.22. The van der Waals surface area contributed by atoms with Crippen LogP contribution in [-0.2, 0) is 4.79 Å². The van der Waals surface area contributed by atoms with E-state index in [1.54, 1.807) is 0 Å². The maximum absolute atomic E-state index is 11.5. The number of amides is 1. The summed E-state index contributed by atoms with van der Waals surface area (Å²) in [6, 6.07) is -0.133. The highest BCUT2D eigenvalue weighted by molar-refractivity contribution is 5.81. The van der Waals surface area contributed by atoms with Crippen LogP contribution in [0.3, 0.4) is 0 Å². The van der Waals surface area contributed by atoms with Crippen LogP contribution in [0, 0.1) is 11.3 Å². The molecule has 0 rings (SSSR count). The van der Waals surface area contributed by atoms with Gasteiger partial charge >= 0.3 is 0 Å². The molecule has 0 saturated heterocycles. The Balaban J connectivity index is 4.18. The molecule has 78 valence electrons. The summed E-state index contributed by atoms with van der Waals surface area (Å²) in [6.07, 6.45) is 0. The number of rotatable bonds is 3. The number of carbonyl (C=O) groups is 1. The second-order valence-electron chi connectivity index (χ2n) is 4.76. The number of aliphatic hydroxyl groups excluding tert-OH is 1. The van der Waals surface area contributed by atoms with Crippen molar-refractivity contribution < 1.29 is 9.90 Å². The van der Waals surface area contributed by atoms with Crippen molar-refractivity contribution in [3.05, 3.63) is 0 Å². The first-order valence-corrected chi connectivity index (χ1v) is 4.71. The maximum Gasteiger partial charge on any atom is 0.225 e. The Labute approximate surface area is 80.5 Å². The van der Waals surface area contributed by atoms with E-state index in [0.29, 0.717) is 0 Å². The van der Waals surface area contributed by atoms with Gasteiger partial charge < -0.3 is 10.4 Å². The normalized spacial score (nSPS) is 14.4. The smallest absolute Gasteiger partial charge is 0.225 e. The third-order valence-electron chi connectivity index (χ3n) is 2.00. The molecule has 0 aromatic rings. The van der Waals surface area contributed by atoms with Crippen LogP contribution in [0.5, 0.6) is 0 Å². The van der Waals surface area contributed by atoms with E-state index in [9.17, 15) is 4.79 Å². The lowest BCUT2D eigenvalue weighted by molar-refractivity contribution is -0.129. The van der Waals surface area contributed by atoms with Gasteiger partial charge in [0.1, 0.15) is 0 Å². The largest absolute Gasteiger partial charge is 0.394 e. The molecule has 0 aliphatic heterocycles. The molecule has 0 radical (unpaired) electrons. The summed E-state index contributed by atoms with van der Waals surface area (Å²) >= 11 is 0. The van der Waals surface area contributed by atoms with E-state index < -0.39 is 0 Å². The Hall–Kier alpha value is -0.570. The number of nitrogens with one attached hydrogen (secondary N) is 1. The van der Waals surface area contributed by atoms with E-state index in [4.69, 9.17) is 5.11 Å². The SMILES string of the molecule is CC(C)[C@H](CO)NC(=O)C(C)(C)C. The molecule has 0 unspecified atom stereocenters. The molecule has 0 spiro atoms. The van der Waals surface area contributed by atoms with Gasteiger partial charge in [-0.3, -0.25) is 4.79 Å². The monoisotopic (exact) mass is 187 g/mol. The van der Waals surface area contributed by atoms with Crippen molar-refractivity contribution in [3.63, 3.8) is 0 Å². The molecule has 13 heavy (non-hydrogen) atoms. The number of hydrogen-bond donors (Lipinski definition) is 2. The zero-order valence-electron chi connectivity index (χ0n) is 9.22. The molecule has 0 aromatic carbocycles. The average molecular weight is 187 g/mol. The lowest BCUT2D eigenvalue weighted by Gasteiger charge is -2.25. The molecule has 0 saturated carbocycles. The summed E-state index contributed by atoms with van der Waals surface area (Å²) in [5, 5.41) is 11.8. The fraction of sp³-hybridized carbons (Fsp3) is 0.900. The molecule has 0 fully saturated rings. The van der Waals surface area contributed by atoms with Crippen molar-refractivity contribution in [3.8, 4) is 0 Å². The summed E-state index contributed by atoms with van der Waals surface area (Å²) in [5.74, 6) is 0.247. The molecular formula is C10H21NO2. The molecule has 3 heteroatoms. The Kier molecular flexibility index (Phi) is 4.40. The summed E-state index contributed by atoms with van der Waals surface area (Å²) in [7, 11) is 0. The van der Waals surface area contributed by atoms with Crippen LogP contribution in [0.2, 0.25) is 0 Å². The Bertz CT molecular complexity index is 170. The second kappa shape index (κ2) is 4.61. The molecule has 3 nitrogen and oxygen atoms in total. The van der Waals surface area contributed by atoms with Gasteiger partial charge in [0.25, 0.3) is 0 Å². The lowest BCUT2D eigenvalue weighted by atomic mass is 9.94. The van der Waals surface area contributed by atoms with Gasteiger partial charge in [0.15, 0.2) is 0 Å². The quantitative estimate of drug-likeness (QED) is 0.696. The molecule has 0 bridgehead atoms. The van der Waals surface area contributed by atoms with Crippen molar-refractivity contribution in [2.45, 2.75) is 40.7 Å². The van der Waals surface area contributed by atoms with Crippen LogP contribution in [0.15, 0.2) is 0 Å². The van der Waals surface area contributed by atoms with E-state index in [2.05, 4.69) is 5.32 Å². The summed E-state index contributed by atoms with van der Waals surface area (Å²) in [5.41, 5.74) is -0.387. The standard InChI is InChI=1S/C10H21NO2/c1-7(2)8(6-12)11-9(13)10(3,4)5/h7-8,12H,6H2,1-5H3,(H,11,13)/t8-/m0/s1. The number of aliphatic hydroxyl groups is 1. The molecule has 0 heterocycles. The highest BCUT2D eigenvalue weighted by Gasteiger charge is 2.24. The highest BCUT2D eigenvalue weighted by Crippen LogP contribution is 2.14. The average Bonchev–Trinajstić information content (AvgIpc) is 1.96. The maximum atomic E-state index is 11.5. The first-order chi connectivity index (χ1) is 5.79. The van der Waals surface area contributed by atoms with Gasteiger partial charge in [0.05, 0.1) is 12.6 Å². The predicted octanol–water partition coefficient (Wildman–Crippen LogP) is 1.17. The summed E-state index contributed by atoms with van der Waals surface area (Å²) in [4.78, 5) is 11.5. The third-order valence-corrected chi connectivity index (χ3v) is 2.00. The van der Waals surface area contributed by atoms with Gasteiger partial charge in [-0.25, -0.2) is 0 Å². The van der Waals surface area contributed by atoms with E-state index in [-0.39, 0.29) is 29.9 Å². The van der Waals surface area contributed by atoms with Crippen LogP contribution in [-0.4, -0.2) is 23.7 Å². The Morgan fingerprint density at radius 2 is 1.85 bits per heavy atom. The summed E-state index contributed by atoms with van der Waals surface area (Å²) in [6.45, 7) is 9.53. The van der Waals surface area contributed by atoms with Crippen LogP contribution < -0.4 is 5.32 Å². The fourth-order valence-corrected chi connectivity index (χ4v) is 0.808. The molecule has 1 atom stereocenters. The van der Waals surface area contributed by atoms with Crippen molar-refractivity contribution in [1.29, 1.82) is 0 Å². The fourth-order valence-electron chi connectivity index (χ4n) is 0.808. The molecular weight excluding hydrogens is 166 g/mol. The van der Waals surface area contributed by atoms with E-state index in [0.717, 1.165) is 0 Å². The molecule has 0 aromatic heterocycles. The predicted molar refractivity (Wildman–Crippen MR) is 53.3 cm³/mol. The molecule has 2 N–H and O–H groups in total. The Morgan fingerprint density at radius 1 is 1.38 bits per heavy atom. The van der Waals surface area contributed by atoms with Crippen LogP contribution in [0.1, 0.15) is 34.6 Å². The first kappa shape index (κ1) is 12.4. The zero-order chi connectivity index (χ0) is 10.6. The highest BCUT2D eigenvalue weighted by atomic mass is 16.3. The molecule has 1 amide bonds. The van der Waals surface area contributed by atoms with Gasteiger partial charge in [-0.2, -0.15) is 0 Å². The van der Waals surface area contributed by atoms with Gasteiger partial charge in [-0.1, -0.05) is 34.6 Å². The van der Waals surface area contributed by atoms with Crippen LogP contribution in [0.4, 0.5) is 0 Å². The summed E-state index contributed by atoms with van der Waals surface area (Å²) < 4.78 is 0. The van der Waals surface area contributed by atoms with E-state index in [1.807, 2.05) is 34.6 Å². The first-order valence-electron chi connectivity index (χ1n) is 4.71. The number of carbonyl (C=O) groups excluding carboxylic acids is 1. The van der Waals surface area contributed by atoms with Gasteiger partial charge in [0, 0.05) is 5.41 Å². The van der Waals surface area contributed by atoms with Crippen molar-refractivity contribution in [2.75, 3.05) is 6.61 Å². The minimum Gasteiger partial charge on any atom is -0.394 e. The van der Waals surface area contributed by atoms with Crippen LogP contribution in [0.25, 0.3) is 0 Å². The Morgan fingerprint density at radius 3 is 2.08 bits per heavy atom. The minimum absolute atomic E-state index is 0.000509. The van der Waals surface area contributed by atoms with E-state index >= 15 is 0 Å². The molecule has 0 aliphatic carbocycles. The van der Waals surface area contributed by atoms with Crippen LogP contribution >= 0.6 is 0 Å². The minimum atomic E-state index is -0.387.